The second-order valence-electron chi connectivity index (χ2n) is 5.10. The fourth-order valence-corrected chi connectivity index (χ4v) is 3.60. The Hall–Kier alpha value is -1.82. The van der Waals surface area contributed by atoms with Crippen molar-refractivity contribution in [1.29, 1.82) is 0 Å². The van der Waals surface area contributed by atoms with Crippen molar-refractivity contribution in [2.24, 2.45) is 10.2 Å². The first kappa shape index (κ1) is 17.0. The molecule has 24 heavy (non-hydrogen) atoms. The summed E-state index contributed by atoms with van der Waals surface area (Å²) in [5, 5.41) is 12.1. The predicted molar refractivity (Wildman–Crippen MR) is 101 cm³/mol. The van der Waals surface area contributed by atoms with E-state index in [9.17, 15) is 4.79 Å². The summed E-state index contributed by atoms with van der Waals surface area (Å²) in [5.41, 5.74) is 1.82. The van der Waals surface area contributed by atoms with Crippen molar-refractivity contribution in [3.05, 3.63) is 69.7 Å². The van der Waals surface area contributed by atoms with Crippen LogP contribution in [0.3, 0.4) is 0 Å². The second-order valence-corrected chi connectivity index (χ2v) is 7.13. The molecule has 0 bridgehead atoms. The quantitative estimate of drug-likeness (QED) is 0.642. The van der Waals surface area contributed by atoms with E-state index in [4.69, 9.17) is 23.2 Å². The number of hydrogen-bond donors (Lipinski definition) is 1. The van der Waals surface area contributed by atoms with Crippen molar-refractivity contribution in [3.8, 4) is 0 Å². The summed E-state index contributed by atoms with van der Waals surface area (Å²) in [5.74, 6) is -0.0975. The molecule has 1 fully saturated rings. The molecule has 1 saturated heterocycles. The van der Waals surface area contributed by atoms with Gasteiger partial charge in [-0.25, -0.2) is 0 Å². The van der Waals surface area contributed by atoms with Crippen LogP contribution in [-0.2, 0) is 11.2 Å². The minimum Gasteiger partial charge on any atom is -0.303 e. The van der Waals surface area contributed by atoms with E-state index in [-0.39, 0.29) is 11.2 Å². The Morgan fingerprint density at radius 2 is 1.96 bits per heavy atom. The average Bonchev–Trinajstić information content (AvgIpc) is 2.91. The number of nitrogens with one attached hydrogen (secondary N) is 1. The van der Waals surface area contributed by atoms with Crippen molar-refractivity contribution in [3.63, 3.8) is 0 Å². The molecule has 4 nitrogen and oxygen atoms in total. The summed E-state index contributed by atoms with van der Waals surface area (Å²) >= 11 is 13.4. The van der Waals surface area contributed by atoms with Gasteiger partial charge in [0.05, 0.1) is 11.5 Å². The van der Waals surface area contributed by atoms with Gasteiger partial charge in [0.25, 0.3) is 0 Å². The third-order valence-electron chi connectivity index (χ3n) is 3.35. The SMILES string of the molecule is O=C1N/C(=N\N=C/c2ccccc2)SC1Cc1ccc(Cl)cc1Cl. The van der Waals surface area contributed by atoms with E-state index in [1.165, 1.54) is 11.8 Å². The molecule has 1 N–H and O–H groups in total. The number of halogens is 2. The lowest BCUT2D eigenvalue weighted by atomic mass is 10.1. The molecule has 0 aromatic heterocycles. The van der Waals surface area contributed by atoms with Crippen LogP contribution >= 0.6 is 35.0 Å². The summed E-state index contributed by atoms with van der Waals surface area (Å²) in [4.78, 5) is 12.1. The van der Waals surface area contributed by atoms with Crippen LogP contribution in [0.25, 0.3) is 0 Å². The van der Waals surface area contributed by atoms with Gasteiger partial charge in [0.2, 0.25) is 5.91 Å². The number of carbonyl (C=O) groups excluding carboxylic acids is 1. The van der Waals surface area contributed by atoms with Gasteiger partial charge in [0, 0.05) is 10.0 Å². The molecule has 2 aromatic carbocycles. The van der Waals surface area contributed by atoms with E-state index in [1.54, 1.807) is 18.3 Å². The molecule has 0 saturated carbocycles. The molecule has 1 atom stereocenters. The van der Waals surface area contributed by atoms with Gasteiger partial charge in [-0.15, -0.1) is 5.10 Å². The van der Waals surface area contributed by atoms with Gasteiger partial charge in [-0.05, 0) is 29.7 Å². The zero-order valence-corrected chi connectivity index (χ0v) is 14.8. The number of amides is 1. The van der Waals surface area contributed by atoms with Gasteiger partial charge in [-0.3, -0.25) is 4.79 Å². The molecule has 122 valence electrons. The van der Waals surface area contributed by atoms with Crippen molar-refractivity contribution >= 4 is 52.3 Å². The number of rotatable bonds is 4. The zero-order valence-electron chi connectivity index (χ0n) is 12.4. The van der Waals surface area contributed by atoms with E-state index >= 15 is 0 Å². The maximum absolute atomic E-state index is 12.1. The maximum Gasteiger partial charge on any atom is 0.239 e. The first-order chi connectivity index (χ1) is 11.6. The number of benzene rings is 2. The number of nitrogens with zero attached hydrogens (tertiary/aromatic N) is 2. The second kappa shape index (κ2) is 7.83. The normalized spacial score (nSPS) is 19.2. The monoisotopic (exact) mass is 377 g/mol. The first-order valence-electron chi connectivity index (χ1n) is 7.19. The molecular weight excluding hydrogens is 365 g/mol. The highest BCUT2D eigenvalue weighted by atomic mass is 35.5. The molecule has 1 amide bonds. The highest BCUT2D eigenvalue weighted by Crippen LogP contribution is 2.28. The van der Waals surface area contributed by atoms with Crippen molar-refractivity contribution in [2.45, 2.75) is 11.7 Å². The molecule has 1 aliphatic rings. The Balaban J connectivity index is 1.65. The summed E-state index contributed by atoms with van der Waals surface area (Å²) < 4.78 is 0. The highest BCUT2D eigenvalue weighted by Gasteiger charge is 2.30. The molecule has 0 spiro atoms. The largest absolute Gasteiger partial charge is 0.303 e. The lowest BCUT2D eigenvalue weighted by Crippen LogP contribution is -2.26. The predicted octanol–water partition coefficient (Wildman–Crippen LogP) is 4.16. The van der Waals surface area contributed by atoms with Gasteiger partial charge < -0.3 is 5.32 Å². The van der Waals surface area contributed by atoms with Crippen LogP contribution in [0.5, 0.6) is 0 Å². The molecular formula is C17H13Cl2N3OS. The molecule has 0 radical (unpaired) electrons. The molecule has 3 rings (SSSR count). The van der Waals surface area contributed by atoms with Crippen molar-refractivity contribution in [1.82, 2.24) is 5.32 Å². The van der Waals surface area contributed by atoms with E-state index < -0.39 is 0 Å². The third-order valence-corrected chi connectivity index (χ3v) is 5.01. The van der Waals surface area contributed by atoms with E-state index in [2.05, 4.69) is 15.5 Å². The van der Waals surface area contributed by atoms with Crippen LogP contribution in [0.2, 0.25) is 10.0 Å². The van der Waals surface area contributed by atoms with Gasteiger partial charge in [-0.1, -0.05) is 71.4 Å². The van der Waals surface area contributed by atoms with Gasteiger partial charge in [0.1, 0.15) is 0 Å². The van der Waals surface area contributed by atoms with Crippen LogP contribution in [0, 0.1) is 0 Å². The van der Waals surface area contributed by atoms with Crippen LogP contribution in [-0.4, -0.2) is 22.5 Å². The van der Waals surface area contributed by atoms with E-state index in [0.29, 0.717) is 21.6 Å². The Morgan fingerprint density at radius 1 is 1.17 bits per heavy atom. The molecule has 0 aliphatic carbocycles. The summed E-state index contributed by atoms with van der Waals surface area (Å²) in [6, 6.07) is 14.9. The fraction of sp³-hybridized carbons (Fsp3) is 0.118. The third kappa shape index (κ3) is 4.38. The highest BCUT2D eigenvalue weighted by molar-refractivity contribution is 8.15. The standard InChI is InChI=1S/C17H13Cl2N3OS/c18-13-7-6-12(14(19)9-13)8-15-16(23)21-17(24-15)22-20-10-11-4-2-1-3-5-11/h1-7,9-10,15H,8H2,(H,21,22,23)/b20-10-. The topological polar surface area (TPSA) is 53.8 Å². The number of thioether (sulfide) groups is 1. The average molecular weight is 378 g/mol. The summed E-state index contributed by atoms with van der Waals surface area (Å²) in [6.07, 6.45) is 2.15. The molecule has 7 heteroatoms. The molecule has 1 heterocycles. The lowest BCUT2D eigenvalue weighted by Gasteiger charge is -2.07. The Bertz CT molecular complexity index is 809. The molecule has 2 aromatic rings. The molecule has 1 aliphatic heterocycles. The Morgan fingerprint density at radius 3 is 2.71 bits per heavy atom. The smallest absolute Gasteiger partial charge is 0.239 e. The molecule has 1 unspecified atom stereocenters. The zero-order chi connectivity index (χ0) is 16.9. The van der Waals surface area contributed by atoms with Crippen LogP contribution in [0.4, 0.5) is 0 Å². The van der Waals surface area contributed by atoms with Crippen molar-refractivity contribution < 1.29 is 4.79 Å². The number of amidine groups is 1. The number of carbonyl (C=O) groups is 1. The van der Waals surface area contributed by atoms with Crippen molar-refractivity contribution in [2.75, 3.05) is 0 Å². The Labute approximate surface area is 154 Å². The minimum absolute atomic E-state index is 0.0975. The van der Waals surface area contributed by atoms with Gasteiger partial charge >= 0.3 is 0 Å². The fourth-order valence-electron chi connectivity index (χ4n) is 2.16. The Kier molecular flexibility index (Phi) is 5.56. The van der Waals surface area contributed by atoms with Crippen LogP contribution in [0.1, 0.15) is 11.1 Å². The van der Waals surface area contributed by atoms with Gasteiger partial charge in [0.15, 0.2) is 5.17 Å². The number of hydrogen-bond acceptors (Lipinski definition) is 4. The summed E-state index contributed by atoms with van der Waals surface area (Å²) in [7, 11) is 0. The van der Waals surface area contributed by atoms with Crippen LogP contribution in [0.15, 0.2) is 58.7 Å². The van der Waals surface area contributed by atoms with Crippen LogP contribution < -0.4 is 5.32 Å². The summed E-state index contributed by atoms with van der Waals surface area (Å²) in [6.45, 7) is 0. The minimum atomic E-state index is -0.283. The van der Waals surface area contributed by atoms with Gasteiger partial charge in [-0.2, -0.15) is 5.10 Å². The van der Waals surface area contributed by atoms with E-state index in [0.717, 1.165) is 11.1 Å². The first-order valence-corrected chi connectivity index (χ1v) is 8.83. The maximum atomic E-state index is 12.1. The van der Waals surface area contributed by atoms with E-state index in [1.807, 2.05) is 36.4 Å². The lowest BCUT2D eigenvalue weighted by molar-refractivity contribution is -0.118.